The Balaban J connectivity index is 1.50. The van der Waals surface area contributed by atoms with Gasteiger partial charge in [-0.05, 0) is 49.5 Å². The SMILES string of the molecule is O=C(O)N(c1cnc(Sc2cc[nH]c(=O)c2Cl)cn1)C1c2ccccc2CC12CCNCC2. The van der Waals surface area contributed by atoms with E-state index in [9.17, 15) is 14.7 Å². The van der Waals surface area contributed by atoms with E-state index in [0.717, 1.165) is 37.9 Å². The minimum Gasteiger partial charge on any atom is -0.465 e. The molecule has 170 valence electrons. The number of hydrogen-bond donors (Lipinski definition) is 3. The Kier molecular flexibility index (Phi) is 5.86. The molecule has 2 aromatic heterocycles. The summed E-state index contributed by atoms with van der Waals surface area (Å²) in [6.07, 6.45) is 6.08. The van der Waals surface area contributed by atoms with Gasteiger partial charge in [0, 0.05) is 16.5 Å². The number of carbonyl (C=O) groups is 1. The second kappa shape index (κ2) is 8.81. The number of carboxylic acid groups (broad SMARTS) is 1. The van der Waals surface area contributed by atoms with Crippen LogP contribution >= 0.6 is 23.4 Å². The van der Waals surface area contributed by atoms with Crippen LogP contribution in [-0.2, 0) is 6.42 Å². The summed E-state index contributed by atoms with van der Waals surface area (Å²) in [4.78, 5) is 37.6. The fraction of sp³-hybridized carbons (Fsp3) is 0.304. The van der Waals surface area contributed by atoms with Gasteiger partial charge in [-0.3, -0.25) is 9.69 Å². The van der Waals surface area contributed by atoms with E-state index in [4.69, 9.17) is 11.6 Å². The first-order valence-corrected chi connectivity index (χ1v) is 11.9. The van der Waals surface area contributed by atoms with Gasteiger partial charge in [0.1, 0.15) is 10.0 Å². The minimum atomic E-state index is -1.05. The molecular weight excluding hydrogens is 462 g/mol. The number of halogens is 1. The van der Waals surface area contributed by atoms with E-state index in [2.05, 4.69) is 26.3 Å². The van der Waals surface area contributed by atoms with Crippen LogP contribution in [0.4, 0.5) is 10.6 Å². The third-order valence-electron chi connectivity index (χ3n) is 6.48. The smallest absolute Gasteiger partial charge is 0.413 e. The van der Waals surface area contributed by atoms with Gasteiger partial charge in [0.05, 0.1) is 18.4 Å². The maximum Gasteiger partial charge on any atom is 0.413 e. The summed E-state index contributed by atoms with van der Waals surface area (Å²) in [5, 5.41) is 14.3. The van der Waals surface area contributed by atoms with Crippen molar-refractivity contribution in [3.8, 4) is 0 Å². The fourth-order valence-corrected chi connectivity index (χ4v) is 6.00. The van der Waals surface area contributed by atoms with Crippen molar-refractivity contribution >= 4 is 35.3 Å². The lowest BCUT2D eigenvalue weighted by atomic mass is 9.72. The number of benzene rings is 1. The van der Waals surface area contributed by atoms with Crippen LogP contribution in [0.25, 0.3) is 0 Å². The van der Waals surface area contributed by atoms with Crippen molar-refractivity contribution < 1.29 is 9.90 Å². The molecule has 0 radical (unpaired) electrons. The van der Waals surface area contributed by atoms with Crippen LogP contribution in [0.15, 0.2) is 63.6 Å². The van der Waals surface area contributed by atoms with Gasteiger partial charge in [0.25, 0.3) is 5.56 Å². The van der Waals surface area contributed by atoms with Crippen molar-refractivity contribution in [1.82, 2.24) is 20.3 Å². The quantitative estimate of drug-likeness (QED) is 0.511. The molecular formula is C23H22ClN5O3S. The lowest BCUT2D eigenvalue weighted by Gasteiger charge is -2.43. The number of rotatable bonds is 4. The van der Waals surface area contributed by atoms with Crippen LogP contribution in [0.5, 0.6) is 0 Å². The number of aromatic nitrogens is 3. The normalized spacial score (nSPS) is 18.8. The lowest BCUT2D eigenvalue weighted by molar-refractivity contribution is 0.151. The molecule has 3 N–H and O–H groups in total. The predicted octanol–water partition coefficient (Wildman–Crippen LogP) is 4.12. The highest BCUT2D eigenvalue weighted by atomic mass is 35.5. The van der Waals surface area contributed by atoms with Crippen LogP contribution in [0, 0.1) is 5.41 Å². The molecule has 1 spiro atoms. The van der Waals surface area contributed by atoms with E-state index in [1.807, 2.05) is 18.2 Å². The average molecular weight is 484 g/mol. The third-order valence-corrected chi connectivity index (χ3v) is 7.94. The first-order chi connectivity index (χ1) is 16.0. The van der Waals surface area contributed by atoms with E-state index in [-0.39, 0.29) is 27.9 Å². The third kappa shape index (κ3) is 4.01. The maximum absolute atomic E-state index is 12.6. The molecule has 3 heterocycles. The van der Waals surface area contributed by atoms with E-state index < -0.39 is 6.09 Å². The van der Waals surface area contributed by atoms with Crippen molar-refractivity contribution in [1.29, 1.82) is 0 Å². The summed E-state index contributed by atoms with van der Waals surface area (Å²) < 4.78 is 0. The highest BCUT2D eigenvalue weighted by Crippen LogP contribution is 2.54. The van der Waals surface area contributed by atoms with Gasteiger partial charge in [0.2, 0.25) is 0 Å². The first-order valence-electron chi connectivity index (χ1n) is 10.7. The zero-order valence-corrected chi connectivity index (χ0v) is 19.2. The Hall–Kier alpha value is -2.88. The number of nitrogens with zero attached hydrogens (tertiary/aromatic N) is 3. The molecule has 1 unspecified atom stereocenters. The Morgan fingerprint density at radius 2 is 1.97 bits per heavy atom. The largest absolute Gasteiger partial charge is 0.465 e. The van der Waals surface area contributed by atoms with Crippen molar-refractivity contribution in [3.05, 3.63) is 75.4 Å². The standard InChI is InChI=1S/C23H22ClN5O3S/c24-19-16(5-8-26-21(19)30)33-18-13-27-17(12-28-18)29(22(31)32)20-15-4-2-1-3-14(15)11-23(20)6-9-25-10-7-23/h1-5,8,12-13,20,25H,6-7,9-11H2,(H,26,30)(H,31,32). The van der Waals surface area contributed by atoms with Crippen LogP contribution in [-0.4, -0.2) is 39.2 Å². The number of nitrogens with one attached hydrogen (secondary N) is 2. The second-order valence-electron chi connectivity index (χ2n) is 8.34. The second-order valence-corrected chi connectivity index (χ2v) is 9.78. The molecule has 0 bridgehead atoms. The average Bonchev–Trinajstić information content (AvgIpc) is 3.11. The van der Waals surface area contributed by atoms with Gasteiger partial charge in [-0.2, -0.15) is 0 Å². The van der Waals surface area contributed by atoms with Crippen LogP contribution in [0.3, 0.4) is 0 Å². The van der Waals surface area contributed by atoms with Gasteiger partial charge < -0.3 is 15.4 Å². The Morgan fingerprint density at radius 1 is 1.18 bits per heavy atom. The molecule has 5 rings (SSSR count). The fourth-order valence-electron chi connectivity index (χ4n) is 5.02. The van der Waals surface area contributed by atoms with E-state index in [0.29, 0.717) is 9.92 Å². The highest BCUT2D eigenvalue weighted by Gasteiger charge is 2.51. The first kappa shape index (κ1) is 21.9. The zero-order chi connectivity index (χ0) is 23.0. The van der Waals surface area contributed by atoms with Gasteiger partial charge in [-0.25, -0.2) is 14.8 Å². The summed E-state index contributed by atoms with van der Waals surface area (Å²) in [6, 6.07) is 9.44. The molecule has 0 saturated carbocycles. The minimum absolute atomic E-state index is 0.0796. The summed E-state index contributed by atoms with van der Waals surface area (Å²) in [7, 11) is 0. The summed E-state index contributed by atoms with van der Waals surface area (Å²) >= 11 is 7.28. The summed E-state index contributed by atoms with van der Waals surface area (Å²) in [6.45, 7) is 1.71. The molecule has 1 amide bonds. The molecule has 10 heteroatoms. The molecule has 33 heavy (non-hydrogen) atoms. The van der Waals surface area contributed by atoms with Crippen molar-refractivity contribution in [2.24, 2.45) is 5.41 Å². The van der Waals surface area contributed by atoms with Crippen molar-refractivity contribution in [3.63, 3.8) is 0 Å². The molecule has 3 aromatic rings. The van der Waals surface area contributed by atoms with Crippen molar-refractivity contribution in [2.45, 2.75) is 35.2 Å². The molecule has 1 fully saturated rings. The Morgan fingerprint density at radius 3 is 2.70 bits per heavy atom. The number of anilines is 1. The highest BCUT2D eigenvalue weighted by molar-refractivity contribution is 7.99. The molecule has 2 aliphatic rings. The number of fused-ring (bicyclic) bond motifs is 1. The number of amides is 1. The van der Waals surface area contributed by atoms with Crippen molar-refractivity contribution in [2.75, 3.05) is 18.0 Å². The molecule has 1 saturated heterocycles. The monoisotopic (exact) mass is 483 g/mol. The van der Waals surface area contributed by atoms with Crippen LogP contribution in [0.2, 0.25) is 5.02 Å². The van der Waals surface area contributed by atoms with Gasteiger partial charge >= 0.3 is 6.09 Å². The number of aromatic amines is 1. The van der Waals surface area contributed by atoms with E-state index in [1.165, 1.54) is 40.8 Å². The number of H-pyrrole nitrogens is 1. The number of pyridine rings is 1. The van der Waals surface area contributed by atoms with E-state index >= 15 is 0 Å². The number of piperidine rings is 1. The maximum atomic E-state index is 12.6. The molecule has 1 aliphatic carbocycles. The van der Waals surface area contributed by atoms with Gasteiger partial charge in [-0.15, -0.1) is 0 Å². The van der Waals surface area contributed by atoms with Gasteiger partial charge in [0.15, 0.2) is 5.82 Å². The zero-order valence-electron chi connectivity index (χ0n) is 17.6. The predicted molar refractivity (Wildman–Crippen MR) is 126 cm³/mol. The number of hydrogen-bond acceptors (Lipinski definition) is 6. The molecule has 1 aromatic carbocycles. The lowest BCUT2D eigenvalue weighted by Crippen LogP contribution is -2.47. The topological polar surface area (TPSA) is 111 Å². The Bertz CT molecular complexity index is 1240. The molecule has 8 nitrogen and oxygen atoms in total. The summed E-state index contributed by atoms with van der Waals surface area (Å²) in [5.41, 5.74) is 1.67. The van der Waals surface area contributed by atoms with E-state index in [1.54, 1.807) is 6.07 Å². The molecule has 1 atom stereocenters. The summed E-state index contributed by atoms with van der Waals surface area (Å²) in [5.74, 6) is 0.281. The molecule has 1 aliphatic heterocycles. The van der Waals surface area contributed by atoms with Crippen LogP contribution in [0.1, 0.15) is 30.0 Å². The van der Waals surface area contributed by atoms with Crippen LogP contribution < -0.4 is 15.8 Å². The Labute approximate surface area is 199 Å². The van der Waals surface area contributed by atoms with Gasteiger partial charge in [-0.1, -0.05) is 47.6 Å².